The smallest absolute Gasteiger partial charge is 0.240 e. The number of fused-ring (bicyclic) bond motifs is 5. The van der Waals surface area contributed by atoms with Crippen molar-refractivity contribution >= 4 is 10.0 Å². The van der Waals surface area contributed by atoms with Crippen molar-refractivity contribution in [1.29, 1.82) is 5.26 Å². The lowest BCUT2D eigenvalue weighted by Crippen LogP contribution is -2.53. The fraction of sp³-hybridized carbons (Fsp3) is 0.767. The second kappa shape index (κ2) is 10.3. The molecule has 0 radical (unpaired) electrons. The summed E-state index contributed by atoms with van der Waals surface area (Å²) in [6.45, 7) is 7.60. The summed E-state index contributed by atoms with van der Waals surface area (Å²) in [5.74, 6) is 3.79. The van der Waals surface area contributed by atoms with E-state index >= 15 is 0 Å². The van der Waals surface area contributed by atoms with Crippen molar-refractivity contribution in [2.75, 3.05) is 13.2 Å². The summed E-state index contributed by atoms with van der Waals surface area (Å²) in [6.07, 6.45) is 9.97. The summed E-state index contributed by atoms with van der Waals surface area (Å²) in [5, 5.41) is 20.2. The van der Waals surface area contributed by atoms with Crippen LogP contribution in [-0.2, 0) is 14.8 Å². The van der Waals surface area contributed by atoms with Gasteiger partial charge in [0.25, 0.3) is 0 Å². The minimum atomic E-state index is -3.64. The van der Waals surface area contributed by atoms with Gasteiger partial charge in [-0.25, -0.2) is 13.1 Å². The zero-order chi connectivity index (χ0) is 26.4. The molecular weight excluding hydrogens is 484 g/mol. The van der Waals surface area contributed by atoms with Crippen LogP contribution >= 0.6 is 0 Å². The van der Waals surface area contributed by atoms with Gasteiger partial charge in [0.15, 0.2) is 0 Å². The van der Waals surface area contributed by atoms with Crippen LogP contribution in [0.3, 0.4) is 0 Å². The van der Waals surface area contributed by atoms with Crippen molar-refractivity contribution in [3.05, 3.63) is 29.8 Å². The first kappa shape index (κ1) is 27.1. The fourth-order valence-electron chi connectivity index (χ4n) is 9.35. The molecule has 6 nitrogen and oxygen atoms in total. The Labute approximate surface area is 223 Å². The van der Waals surface area contributed by atoms with Gasteiger partial charge in [-0.05, 0) is 137 Å². The molecule has 4 aliphatic rings. The van der Waals surface area contributed by atoms with Gasteiger partial charge in [0.1, 0.15) is 0 Å². The topological polar surface area (TPSA) is 99.4 Å². The van der Waals surface area contributed by atoms with Gasteiger partial charge in [0.2, 0.25) is 10.0 Å². The molecule has 7 heteroatoms. The van der Waals surface area contributed by atoms with E-state index in [4.69, 9.17) is 10.00 Å². The number of aliphatic hydroxyl groups is 1. The first-order valence-corrected chi connectivity index (χ1v) is 15.9. The molecule has 0 amide bonds. The van der Waals surface area contributed by atoms with E-state index in [2.05, 4.69) is 11.6 Å². The summed E-state index contributed by atoms with van der Waals surface area (Å²) in [7, 11) is -3.64. The van der Waals surface area contributed by atoms with Crippen molar-refractivity contribution in [2.45, 2.75) is 95.1 Å². The quantitative estimate of drug-likeness (QED) is 0.503. The highest BCUT2D eigenvalue weighted by atomic mass is 32.2. The third kappa shape index (κ3) is 5.00. The number of nitriles is 1. The van der Waals surface area contributed by atoms with E-state index < -0.39 is 15.6 Å². The molecule has 5 rings (SSSR count). The summed E-state index contributed by atoms with van der Waals surface area (Å²) in [6, 6.07) is 8.09. The molecule has 0 aliphatic heterocycles. The van der Waals surface area contributed by atoms with E-state index in [1.165, 1.54) is 44.2 Å². The highest BCUT2D eigenvalue weighted by Gasteiger charge is 2.58. The first-order valence-electron chi connectivity index (χ1n) is 14.4. The average molecular weight is 529 g/mol. The number of ether oxygens (including phenoxy) is 1. The van der Waals surface area contributed by atoms with E-state index in [9.17, 15) is 13.5 Å². The second-order valence-electron chi connectivity index (χ2n) is 12.8. The zero-order valence-electron chi connectivity index (χ0n) is 22.7. The Morgan fingerprint density at radius 2 is 1.81 bits per heavy atom. The van der Waals surface area contributed by atoms with Gasteiger partial charge in [-0.2, -0.15) is 5.26 Å². The van der Waals surface area contributed by atoms with Gasteiger partial charge in [0, 0.05) is 12.6 Å². The number of nitrogens with one attached hydrogen (secondary N) is 1. The van der Waals surface area contributed by atoms with Gasteiger partial charge < -0.3 is 9.84 Å². The summed E-state index contributed by atoms with van der Waals surface area (Å²) in [5.41, 5.74) is -0.0282. The van der Waals surface area contributed by atoms with E-state index in [-0.39, 0.29) is 16.4 Å². The molecule has 1 aromatic carbocycles. The van der Waals surface area contributed by atoms with Crippen molar-refractivity contribution < 1.29 is 18.3 Å². The number of nitrogens with zero attached hydrogens (tertiary/aromatic N) is 1. The maximum absolute atomic E-state index is 13.1. The Morgan fingerprint density at radius 3 is 2.51 bits per heavy atom. The van der Waals surface area contributed by atoms with Crippen LogP contribution in [0.2, 0.25) is 0 Å². The van der Waals surface area contributed by atoms with Gasteiger partial charge in [-0.3, -0.25) is 0 Å². The summed E-state index contributed by atoms with van der Waals surface area (Å²) in [4.78, 5) is 0.224. The molecular formula is C30H44N2O4S. The van der Waals surface area contributed by atoms with Crippen LogP contribution in [0.15, 0.2) is 29.2 Å². The Morgan fingerprint density at radius 1 is 1.08 bits per heavy atom. The zero-order valence-corrected chi connectivity index (χ0v) is 23.5. The molecule has 0 heterocycles. The molecule has 1 aromatic rings. The lowest BCUT2D eigenvalue weighted by Gasteiger charge is -2.57. The largest absolute Gasteiger partial charge is 0.387 e. The highest BCUT2D eigenvalue weighted by Crippen LogP contribution is 2.65. The van der Waals surface area contributed by atoms with Crippen LogP contribution in [0.5, 0.6) is 0 Å². The molecule has 4 aliphatic carbocycles. The minimum absolute atomic E-state index is 0.133. The molecule has 2 N–H and O–H groups in total. The standard InChI is InChI=1S/C30H44N2O4S/c1-4-36-19-30(33)16-14-24-22(17-30)7-10-26-25(24)13-15-29(3)27(11-12-28(26)29)20(2)32-37(34,35)23-8-5-21(18-31)6-9-23/h5-6,8-9,20,22,24-28,32-33H,4,7,10-17,19H2,1-3H3/t20-,22-,24+,25-,26-,27?,28+,29-,30-/m1/s1. The van der Waals surface area contributed by atoms with E-state index in [0.29, 0.717) is 36.5 Å². The van der Waals surface area contributed by atoms with Gasteiger partial charge in [-0.1, -0.05) is 6.92 Å². The van der Waals surface area contributed by atoms with E-state index in [1.54, 1.807) is 12.1 Å². The van der Waals surface area contributed by atoms with Gasteiger partial charge >= 0.3 is 0 Å². The number of hydrogen-bond acceptors (Lipinski definition) is 5. The van der Waals surface area contributed by atoms with Crippen molar-refractivity contribution in [3.8, 4) is 6.07 Å². The Bertz CT molecular complexity index is 1120. The highest BCUT2D eigenvalue weighted by molar-refractivity contribution is 7.89. The van der Waals surface area contributed by atoms with Crippen molar-refractivity contribution in [3.63, 3.8) is 0 Å². The molecule has 1 unspecified atom stereocenters. The van der Waals surface area contributed by atoms with Crippen LogP contribution in [0.4, 0.5) is 0 Å². The van der Waals surface area contributed by atoms with Crippen LogP contribution < -0.4 is 4.72 Å². The molecule has 0 bridgehead atoms. The molecule has 9 atom stereocenters. The van der Waals surface area contributed by atoms with Crippen LogP contribution in [0.1, 0.15) is 84.1 Å². The van der Waals surface area contributed by atoms with Gasteiger partial charge in [0.05, 0.1) is 28.7 Å². The van der Waals surface area contributed by atoms with E-state index in [0.717, 1.165) is 43.4 Å². The summed E-state index contributed by atoms with van der Waals surface area (Å²) >= 11 is 0. The van der Waals surface area contributed by atoms with Crippen molar-refractivity contribution in [2.24, 2.45) is 40.9 Å². The van der Waals surface area contributed by atoms with Crippen LogP contribution in [-0.4, -0.2) is 38.4 Å². The Kier molecular flexibility index (Phi) is 7.52. The molecule has 0 spiro atoms. The van der Waals surface area contributed by atoms with Crippen LogP contribution in [0.25, 0.3) is 0 Å². The normalized spacial score (nSPS) is 40.2. The molecule has 4 saturated carbocycles. The predicted octanol–water partition coefficient (Wildman–Crippen LogP) is 5.26. The third-order valence-electron chi connectivity index (χ3n) is 11.0. The Balaban J connectivity index is 1.26. The minimum Gasteiger partial charge on any atom is -0.387 e. The molecule has 4 fully saturated rings. The monoisotopic (exact) mass is 528 g/mol. The molecule has 0 aromatic heterocycles. The lowest BCUT2D eigenvalue weighted by molar-refractivity contribution is -0.128. The molecule has 204 valence electrons. The Hall–Kier alpha value is -1.46. The number of rotatable bonds is 7. The average Bonchev–Trinajstić information content (AvgIpc) is 3.24. The van der Waals surface area contributed by atoms with E-state index in [1.807, 2.05) is 19.9 Å². The SMILES string of the molecule is CCOC[C@@]1(O)CC[C@H]2[C@H](CC[C@@H]3[C@@H]2CC[C@]2(C)C([C@@H](C)NS(=O)(=O)c4ccc(C#N)cc4)CC[C@@H]32)C1. The summed E-state index contributed by atoms with van der Waals surface area (Å²) < 4.78 is 34.9. The third-order valence-corrected chi connectivity index (χ3v) is 12.6. The lowest BCUT2D eigenvalue weighted by atomic mass is 9.48. The maximum Gasteiger partial charge on any atom is 0.240 e. The molecule has 37 heavy (non-hydrogen) atoms. The van der Waals surface area contributed by atoms with Crippen molar-refractivity contribution in [1.82, 2.24) is 4.72 Å². The predicted molar refractivity (Wildman–Crippen MR) is 143 cm³/mol. The number of benzene rings is 1. The first-order chi connectivity index (χ1) is 17.6. The number of sulfonamides is 1. The fourth-order valence-corrected chi connectivity index (χ4v) is 10.6. The van der Waals surface area contributed by atoms with Crippen LogP contribution in [0, 0.1) is 52.3 Å². The number of hydrogen-bond donors (Lipinski definition) is 2. The van der Waals surface area contributed by atoms with Gasteiger partial charge in [-0.15, -0.1) is 0 Å². The molecule has 0 saturated heterocycles. The maximum atomic E-state index is 13.1. The second-order valence-corrected chi connectivity index (χ2v) is 14.5.